The molecule has 0 spiro atoms. The molecule has 0 saturated carbocycles. The number of nitrogens with two attached hydrogens (primary N) is 2. The summed E-state index contributed by atoms with van der Waals surface area (Å²) < 4.78 is 13.2. The van der Waals surface area contributed by atoms with Crippen LogP contribution >= 0.6 is 34.8 Å². The molecule has 0 fully saturated rings. The molecule has 0 aromatic heterocycles. The number of guanidine groups is 2. The van der Waals surface area contributed by atoms with E-state index in [9.17, 15) is 14.0 Å². The molecule has 32 heavy (non-hydrogen) atoms. The van der Waals surface area contributed by atoms with Crippen molar-refractivity contribution < 1.29 is 14.0 Å². The predicted molar refractivity (Wildman–Crippen MR) is 127 cm³/mol. The molecule has 0 saturated heterocycles. The number of anilines is 2. The topological polar surface area (TPSA) is 159 Å². The lowest BCUT2D eigenvalue weighted by molar-refractivity contribution is 0.255. The number of halogens is 4. The van der Waals surface area contributed by atoms with E-state index in [0.717, 1.165) is 0 Å². The minimum Gasteiger partial charge on any atom is -0.370 e. The number of carbonyl (C=O) groups is 2. The number of hydrogen-bond donors (Lipinski definition) is 6. The number of nitrogens with zero attached hydrogens (tertiary/aromatic N) is 2. The number of para-hydroxylation sites is 1. The second-order valence-corrected chi connectivity index (χ2v) is 6.85. The van der Waals surface area contributed by atoms with Gasteiger partial charge in [0.2, 0.25) is 0 Å². The van der Waals surface area contributed by atoms with E-state index in [1.165, 1.54) is 38.4 Å². The maximum atomic E-state index is 13.2. The lowest BCUT2D eigenvalue weighted by atomic mass is 10.3. The van der Waals surface area contributed by atoms with Crippen LogP contribution in [0.1, 0.15) is 0 Å². The first kappa shape index (κ1) is 26.8. The van der Waals surface area contributed by atoms with E-state index in [1.807, 2.05) is 0 Å². The highest BCUT2D eigenvalue weighted by Crippen LogP contribution is 2.25. The number of urea groups is 2. The summed E-state index contributed by atoms with van der Waals surface area (Å²) in [6.07, 6.45) is 0. The van der Waals surface area contributed by atoms with Crippen LogP contribution in [0, 0.1) is 5.82 Å². The van der Waals surface area contributed by atoms with Crippen LogP contribution < -0.4 is 32.7 Å². The van der Waals surface area contributed by atoms with Gasteiger partial charge in [0, 0.05) is 19.1 Å². The molecule has 0 aliphatic heterocycles. The van der Waals surface area contributed by atoms with Crippen LogP contribution in [-0.2, 0) is 0 Å². The summed E-state index contributed by atoms with van der Waals surface area (Å²) in [7, 11) is 2.87. The summed E-state index contributed by atoms with van der Waals surface area (Å²) in [5.41, 5.74) is 10.9. The Morgan fingerprint density at radius 3 is 1.97 bits per heavy atom. The molecular formula is C18H20Cl3FN8O2. The van der Waals surface area contributed by atoms with Crippen LogP contribution in [-0.4, -0.2) is 38.1 Å². The van der Waals surface area contributed by atoms with E-state index in [-0.39, 0.29) is 22.6 Å². The van der Waals surface area contributed by atoms with Gasteiger partial charge >= 0.3 is 12.1 Å². The zero-order chi connectivity index (χ0) is 24.3. The highest BCUT2D eigenvalue weighted by atomic mass is 35.5. The van der Waals surface area contributed by atoms with Gasteiger partial charge in [-0.1, -0.05) is 40.9 Å². The third-order valence-corrected chi connectivity index (χ3v) is 4.22. The molecule has 2 rings (SSSR count). The molecule has 2 aromatic rings. The van der Waals surface area contributed by atoms with Crippen LogP contribution in [0.5, 0.6) is 0 Å². The quantitative estimate of drug-likeness (QED) is 0.272. The zero-order valence-electron chi connectivity index (χ0n) is 16.8. The van der Waals surface area contributed by atoms with Crippen molar-refractivity contribution in [1.29, 1.82) is 0 Å². The monoisotopic (exact) mass is 504 g/mol. The van der Waals surface area contributed by atoms with Crippen molar-refractivity contribution in [2.45, 2.75) is 0 Å². The van der Waals surface area contributed by atoms with E-state index < -0.39 is 17.9 Å². The van der Waals surface area contributed by atoms with E-state index in [0.29, 0.717) is 15.7 Å². The number of amides is 4. The fourth-order valence-corrected chi connectivity index (χ4v) is 2.40. The minimum atomic E-state index is -0.713. The van der Waals surface area contributed by atoms with E-state index in [4.69, 9.17) is 46.3 Å². The Hall–Kier alpha value is -3.28. The first-order valence-electron chi connectivity index (χ1n) is 8.57. The maximum Gasteiger partial charge on any atom is 0.326 e. The van der Waals surface area contributed by atoms with Crippen molar-refractivity contribution >= 4 is 70.2 Å². The number of rotatable bonds is 2. The van der Waals surface area contributed by atoms with Crippen LogP contribution in [0.3, 0.4) is 0 Å². The molecule has 0 atom stereocenters. The van der Waals surface area contributed by atoms with Gasteiger partial charge in [0.15, 0.2) is 11.9 Å². The Morgan fingerprint density at radius 2 is 1.44 bits per heavy atom. The molecule has 0 aliphatic carbocycles. The zero-order valence-corrected chi connectivity index (χ0v) is 19.1. The third kappa shape index (κ3) is 9.25. The Kier molecular flexibility index (Phi) is 11.0. The van der Waals surface area contributed by atoms with Crippen molar-refractivity contribution in [1.82, 2.24) is 10.6 Å². The standard InChI is InChI=1S/C9H10Cl2N4O.C9H10ClFN4O/c1-13-8(12)15-9(16)14-7-4-5(10)2-3-6(7)11;1-13-8(12)15-9(16)14-7-5(10)3-2-4-6(7)11/h2*2-4H,1H3,(H4,12,13,14,15,16). The number of hydrogen-bond acceptors (Lipinski definition) is 4. The number of aliphatic imine (C=N–C) groups is 2. The van der Waals surface area contributed by atoms with Gasteiger partial charge in [0.1, 0.15) is 5.82 Å². The van der Waals surface area contributed by atoms with Crippen molar-refractivity contribution in [2.24, 2.45) is 21.5 Å². The molecule has 0 bridgehead atoms. The SMILES string of the molecule is CN=C(N)NC(=O)Nc1c(F)cccc1Cl.CN=C(N)NC(=O)Nc1cc(Cl)ccc1Cl. The number of benzene rings is 2. The van der Waals surface area contributed by atoms with Crippen LogP contribution in [0.2, 0.25) is 15.1 Å². The van der Waals surface area contributed by atoms with Gasteiger partial charge in [0.05, 0.1) is 21.4 Å². The van der Waals surface area contributed by atoms with E-state index in [2.05, 4.69) is 31.3 Å². The van der Waals surface area contributed by atoms with Gasteiger partial charge in [-0.25, -0.2) is 14.0 Å². The smallest absolute Gasteiger partial charge is 0.326 e. The van der Waals surface area contributed by atoms with Gasteiger partial charge < -0.3 is 22.1 Å². The summed E-state index contributed by atoms with van der Waals surface area (Å²) in [5, 5.41) is 10.2. The molecule has 14 heteroatoms. The predicted octanol–water partition coefficient (Wildman–Crippen LogP) is 3.60. The average Bonchev–Trinajstić information content (AvgIpc) is 2.73. The molecule has 0 heterocycles. The Bertz CT molecular complexity index is 1010. The van der Waals surface area contributed by atoms with Crippen molar-refractivity contribution in [3.63, 3.8) is 0 Å². The van der Waals surface area contributed by atoms with Gasteiger partial charge in [-0.15, -0.1) is 0 Å². The molecule has 0 radical (unpaired) electrons. The normalized spacial score (nSPS) is 11.1. The third-order valence-electron chi connectivity index (χ3n) is 3.34. The summed E-state index contributed by atoms with van der Waals surface area (Å²) >= 11 is 17.3. The Balaban J connectivity index is 0.000000320. The fraction of sp³-hybridized carbons (Fsp3) is 0.111. The summed E-state index contributed by atoms with van der Waals surface area (Å²) in [6, 6.07) is 7.55. The summed E-state index contributed by atoms with van der Waals surface area (Å²) in [4.78, 5) is 29.7. The highest BCUT2D eigenvalue weighted by Gasteiger charge is 2.10. The number of carbonyl (C=O) groups excluding carboxylic acids is 2. The van der Waals surface area contributed by atoms with E-state index >= 15 is 0 Å². The largest absolute Gasteiger partial charge is 0.370 e. The van der Waals surface area contributed by atoms with Crippen molar-refractivity contribution in [3.05, 3.63) is 57.3 Å². The average molecular weight is 506 g/mol. The summed E-state index contributed by atoms with van der Waals surface area (Å²) in [6.45, 7) is 0. The second kappa shape index (κ2) is 13.2. The second-order valence-electron chi connectivity index (χ2n) is 5.60. The molecule has 2 aromatic carbocycles. The Labute approximate surface area is 198 Å². The number of nitrogens with one attached hydrogen (secondary N) is 4. The summed E-state index contributed by atoms with van der Waals surface area (Å²) in [5.74, 6) is -0.699. The van der Waals surface area contributed by atoms with Gasteiger partial charge in [-0.2, -0.15) is 0 Å². The van der Waals surface area contributed by atoms with Crippen molar-refractivity contribution in [3.8, 4) is 0 Å². The lowest BCUT2D eigenvalue weighted by Gasteiger charge is -2.08. The first-order chi connectivity index (χ1) is 15.1. The van der Waals surface area contributed by atoms with Crippen LogP contribution in [0.4, 0.5) is 25.4 Å². The highest BCUT2D eigenvalue weighted by molar-refractivity contribution is 6.35. The fourth-order valence-electron chi connectivity index (χ4n) is 1.85. The Morgan fingerprint density at radius 1 is 0.875 bits per heavy atom. The van der Waals surface area contributed by atoms with Crippen LogP contribution in [0.25, 0.3) is 0 Å². The first-order valence-corrected chi connectivity index (χ1v) is 9.70. The lowest BCUT2D eigenvalue weighted by Crippen LogP contribution is -2.39. The molecule has 172 valence electrons. The molecular weight excluding hydrogens is 486 g/mol. The maximum absolute atomic E-state index is 13.2. The minimum absolute atomic E-state index is 0.00986. The molecule has 10 nitrogen and oxygen atoms in total. The van der Waals surface area contributed by atoms with Gasteiger partial charge in [-0.3, -0.25) is 20.6 Å². The van der Waals surface area contributed by atoms with Crippen LogP contribution in [0.15, 0.2) is 46.4 Å². The molecule has 8 N–H and O–H groups in total. The molecule has 4 amide bonds. The molecule has 0 aliphatic rings. The molecule has 0 unspecified atom stereocenters. The van der Waals surface area contributed by atoms with Gasteiger partial charge in [0.25, 0.3) is 0 Å². The van der Waals surface area contributed by atoms with E-state index in [1.54, 1.807) is 12.1 Å². The van der Waals surface area contributed by atoms with Crippen molar-refractivity contribution in [2.75, 3.05) is 24.7 Å². The van der Waals surface area contributed by atoms with Gasteiger partial charge in [-0.05, 0) is 30.3 Å².